The Morgan fingerprint density at radius 1 is 0.593 bits per heavy atom. The molecule has 0 saturated carbocycles. The van der Waals surface area contributed by atoms with Gasteiger partial charge in [0, 0.05) is 0 Å². The first-order chi connectivity index (χ1) is 11.5. The van der Waals surface area contributed by atoms with Gasteiger partial charge < -0.3 is 24.8 Å². The number of benzene rings is 2. The van der Waals surface area contributed by atoms with E-state index in [9.17, 15) is 0 Å². The zero-order valence-corrected chi connectivity index (χ0v) is 20.3. The Morgan fingerprint density at radius 3 is 1.26 bits per heavy atom. The smallest absolute Gasteiger partial charge is 1.00 e. The molecule has 0 radical (unpaired) electrons. The quantitative estimate of drug-likeness (QED) is 0.379. The minimum absolute atomic E-state index is 0. The molecule has 0 spiro atoms. The third-order valence-corrected chi connectivity index (χ3v) is 5.47. The molecule has 0 aromatic heterocycles. The fraction of sp³-hybridized carbons (Fsp3) is 0.250. The summed E-state index contributed by atoms with van der Waals surface area (Å²) in [7, 11) is 0. The van der Waals surface area contributed by atoms with Gasteiger partial charge in [-0.1, -0.05) is 37.1 Å². The Kier molecular flexibility index (Phi) is 8.55. The average molecular weight is 475 g/mol. The van der Waals surface area contributed by atoms with Crippen LogP contribution in [-0.2, 0) is 39.0 Å². The minimum Gasteiger partial charge on any atom is -1.00 e. The van der Waals surface area contributed by atoms with Crippen molar-refractivity contribution in [1.29, 1.82) is 0 Å². The predicted octanol–water partition coefficient (Wildman–Crippen LogP) is 0.455. The molecule has 0 bridgehead atoms. The molecule has 0 N–H and O–H groups in total. The molecule has 0 unspecified atom stereocenters. The molecule has 4 rings (SSSR count). The molecule has 0 nitrogen and oxygen atoms in total. The molecule has 3 heteroatoms. The van der Waals surface area contributed by atoms with E-state index in [1.165, 1.54) is 54.9 Å². The van der Waals surface area contributed by atoms with Gasteiger partial charge in [-0.15, -0.1) is 68.1 Å². The van der Waals surface area contributed by atoms with Crippen molar-refractivity contribution >= 4 is 21.5 Å². The number of aryl methyl sites for hydroxylation is 6. The summed E-state index contributed by atoms with van der Waals surface area (Å²) in [6, 6.07) is 18.5. The third kappa shape index (κ3) is 4.59. The summed E-state index contributed by atoms with van der Waals surface area (Å²) in [6.07, 6.45) is 2.23. The first kappa shape index (κ1) is 24.2. The van der Waals surface area contributed by atoms with Gasteiger partial charge in [0.2, 0.25) is 0 Å². The summed E-state index contributed by atoms with van der Waals surface area (Å²) < 4.78 is 0. The van der Waals surface area contributed by atoms with Crippen LogP contribution in [0.25, 0.3) is 21.5 Å². The number of hydrogen-bond donors (Lipinski definition) is 0. The molecule has 0 aliphatic carbocycles. The molecule has 4 aromatic carbocycles. The fourth-order valence-corrected chi connectivity index (χ4v) is 3.88. The van der Waals surface area contributed by atoms with Crippen molar-refractivity contribution in [3.8, 4) is 0 Å². The minimum atomic E-state index is 0. The molecular weight excluding hydrogens is 450 g/mol. The Hall–Kier alpha value is -0.877. The van der Waals surface area contributed by atoms with Crippen LogP contribution in [0, 0.1) is 27.7 Å². The first-order valence-electron chi connectivity index (χ1n) is 8.84. The molecule has 0 fully saturated rings. The van der Waals surface area contributed by atoms with Crippen LogP contribution in [-0.4, -0.2) is 0 Å². The summed E-state index contributed by atoms with van der Waals surface area (Å²) >= 11 is 0. The van der Waals surface area contributed by atoms with Crippen LogP contribution in [0.1, 0.15) is 33.4 Å². The van der Waals surface area contributed by atoms with Gasteiger partial charge in [-0.25, -0.2) is 0 Å². The Bertz CT molecular complexity index is 889. The molecule has 0 heterocycles. The van der Waals surface area contributed by atoms with E-state index in [0.29, 0.717) is 0 Å². The molecule has 0 amide bonds. The van der Waals surface area contributed by atoms with E-state index in [2.05, 4.69) is 76.2 Å². The molecule has 138 valence electrons. The molecular formula is C24H24Cl2Zr. The monoisotopic (exact) mass is 472 g/mol. The van der Waals surface area contributed by atoms with E-state index in [1.54, 1.807) is 0 Å². The van der Waals surface area contributed by atoms with E-state index < -0.39 is 0 Å². The number of halogens is 2. The van der Waals surface area contributed by atoms with Gasteiger partial charge in [0.1, 0.15) is 0 Å². The van der Waals surface area contributed by atoms with Crippen molar-refractivity contribution in [1.82, 2.24) is 0 Å². The molecule has 4 aromatic rings. The van der Waals surface area contributed by atoms with Crippen LogP contribution in [0.4, 0.5) is 0 Å². The molecule has 0 atom stereocenters. The van der Waals surface area contributed by atoms with Gasteiger partial charge in [0.25, 0.3) is 0 Å². The second-order valence-electron chi connectivity index (χ2n) is 7.28. The van der Waals surface area contributed by atoms with Crippen molar-refractivity contribution in [2.24, 2.45) is 0 Å². The maximum absolute atomic E-state index is 2.39. The van der Waals surface area contributed by atoms with Crippen LogP contribution in [0.2, 0.25) is 0 Å². The summed E-state index contributed by atoms with van der Waals surface area (Å²) in [5, 5.41) is 5.68. The van der Waals surface area contributed by atoms with Crippen molar-refractivity contribution < 1.29 is 51.0 Å². The van der Waals surface area contributed by atoms with E-state index >= 15 is 0 Å². The van der Waals surface area contributed by atoms with Crippen molar-refractivity contribution in [2.75, 3.05) is 0 Å². The second kappa shape index (κ2) is 9.55. The Morgan fingerprint density at radius 2 is 0.926 bits per heavy atom. The average Bonchev–Trinajstić information content (AvgIpc) is 3.18. The van der Waals surface area contributed by atoms with E-state index in [1.807, 2.05) is 0 Å². The Labute approximate surface area is 194 Å². The van der Waals surface area contributed by atoms with Crippen LogP contribution in [0.15, 0.2) is 48.5 Å². The van der Waals surface area contributed by atoms with Crippen molar-refractivity contribution in [3.63, 3.8) is 0 Å². The largest absolute Gasteiger partial charge is 4.00 e. The van der Waals surface area contributed by atoms with Crippen LogP contribution < -0.4 is 24.8 Å². The Balaban J connectivity index is 0.00000121. The van der Waals surface area contributed by atoms with Gasteiger partial charge in [-0.3, -0.25) is 0 Å². The fourth-order valence-electron chi connectivity index (χ4n) is 3.88. The van der Waals surface area contributed by atoms with Gasteiger partial charge in [-0.2, -0.15) is 12.1 Å². The van der Waals surface area contributed by atoms with Crippen molar-refractivity contribution in [3.05, 3.63) is 81.9 Å². The van der Waals surface area contributed by atoms with Gasteiger partial charge in [0.15, 0.2) is 0 Å². The first-order valence-corrected chi connectivity index (χ1v) is 8.84. The van der Waals surface area contributed by atoms with Crippen molar-refractivity contribution in [2.45, 2.75) is 40.5 Å². The zero-order chi connectivity index (χ0) is 16.8. The van der Waals surface area contributed by atoms with Crippen LogP contribution in [0.3, 0.4) is 0 Å². The van der Waals surface area contributed by atoms with Crippen LogP contribution >= 0.6 is 0 Å². The molecule has 0 aliphatic rings. The maximum atomic E-state index is 2.39. The molecule has 0 aliphatic heterocycles. The number of fused-ring (bicyclic) bond motifs is 2. The summed E-state index contributed by atoms with van der Waals surface area (Å²) in [5.74, 6) is 0. The number of hydrogen-bond acceptors (Lipinski definition) is 0. The van der Waals surface area contributed by atoms with E-state index in [4.69, 9.17) is 0 Å². The maximum Gasteiger partial charge on any atom is 4.00 e. The van der Waals surface area contributed by atoms with Gasteiger partial charge in [-0.05, 0) is 26.7 Å². The normalized spacial score (nSPS) is 10.4. The standard InChI is InChI=1S/C24H24.2ClH.Zr/c1-15-5-6-16(2)22-12-19(11-21(15)22)9-10-20-13-23-17(3)7-8-18(4)24(23)14-20;;;/h5-8,11-14H,9-10H2,1-4H3;2*1H;/q-2;;;+4/p-2. The second-order valence-corrected chi connectivity index (χ2v) is 7.28. The zero-order valence-electron chi connectivity index (χ0n) is 16.3. The molecule has 27 heavy (non-hydrogen) atoms. The summed E-state index contributed by atoms with van der Waals surface area (Å²) in [6.45, 7) is 8.84. The SMILES string of the molecule is Cc1ccc(C)c2[cH-]c(CCc3cc4c(C)ccc(C)c4[cH-]3)cc12.[Cl-].[Cl-].[Zr+4]. The topological polar surface area (TPSA) is 0 Å². The third-order valence-electron chi connectivity index (χ3n) is 5.47. The van der Waals surface area contributed by atoms with E-state index in [-0.39, 0.29) is 51.0 Å². The summed E-state index contributed by atoms with van der Waals surface area (Å²) in [4.78, 5) is 0. The number of rotatable bonds is 3. The summed E-state index contributed by atoms with van der Waals surface area (Å²) in [5.41, 5.74) is 8.45. The molecule has 0 saturated heterocycles. The van der Waals surface area contributed by atoms with Gasteiger partial charge in [0.05, 0.1) is 0 Å². The predicted molar refractivity (Wildman–Crippen MR) is 105 cm³/mol. The van der Waals surface area contributed by atoms with Crippen LogP contribution in [0.5, 0.6) is 0 Å². The van der Waals surface area contributed by atoms with Gasteiger partial charge >= 0.3 is 26.2 Å². The van der Waals surface area contributed by atoms with E-state index in [0.717, 1.165) is 12.8 Å².